The third kappa shape index (κ3) is 3.58. The largest absolute Gasteiger partial charge is 0.345 e. The Morgan fingerprint density at radius 1 is 1.41 bits per heavy atom. The molecule has 2 N–H and O–H groups in total. The summed E-state index contributed by atoms with van der Waals surface area (Å²) in [4.78, 5) is 7.65. The molecule has 0 spiro atoms. The summed E-state index contributed by atoms with van der Waals surface area (Å²) in [7, 11) is 0. The molecule has 0 aliphatic rings. The van der Waals surface area contributed by atoms with Gasteiger partial charge >= 0.3 is 0 Å². The number of hydrogen-bond acceptors (Lipinski definition) is 2. The first-order valence-corrected chi connectivity index (χ1v) is 6.13. The Morgan fingerprint density at radius 3 is 3.06 bits per heavy atom. The van der Waals surface area contributed by atoms with E-state index in [2.05, 4.69) is 28.3 Å². The van der Waals surface area contributed by atoms with Gasteiger partial charge in [0.2, 0.25) is 0 Å². The maximum atomic E-state index is 5.94. The standard InChI is InChI=1S/C13H16ClN3/c1-2-15-8-12-9-16-13(17-12)7-10-4-3-5-11(14)6-10/h3-6,9,15H,2,7-8H2,1H3,(H,16,17). The molecule has 1 aromatic carbocycles. The van der Waals surface area contributed by atoms with Gasteiger partial charge in [0.25, 0.3) is 0 Å². The van der Waals surface area contributed by atoms with Crippen LogP contribution in [0.2, 0.25) is 5.02 Å². The van der Waals surface area contributed by atoms with Crippen LogP contribution < -0.4 is 5.32 Å². The van der Waals surface area contributed by atoms with Gasteiger partial charge < -0.3 is 10.3 Å². The zero-order chi connectivity index (χ0) is 12.1. The fourth-order valence-electron chi connectivity index (χ4n) is 1.69. The summed E-state index contributed by atoms with van der Waals surface area (Å²) in [6.07, 6.45) is 2.66. The molecule has 1 heterocycles. The number of rotatable bonds is 5. The number of H-pyrrole nitrogens is 1. The first-order valence-electron chi connectivity index (χ1n) is 5.76. The van der Waals surface area contributed by atoms with Crippen LogP contribution >= 0.6 is 11.6 Å². The summed E-state index contributed by atoms with van der Waals surface area (Å²) in [6, 6.07) is 7.86. The number of nitrogens with one attached hydrogen (secondary N) is 2. The van der Waals surface area contributed by atoms with E-state index in [-0.39, 0.29) is 0 Å². The minimum atomic E-state index is 0.766. The van der Waals surface area contributed by atoms with E-state index in [0.717, 1.165) is 36.1 Å². The molecular weight excluding hydrogens is 234 g/mol. The molecule has 0 aliphatic heterocycles. The van der Waals surface area contributed by atoms with E-state index in [9.17, 15) is 0 Å². The smallest absolute Gasteiger partial charge is 0.110 e. The van der Waals surface area contributed by atoms with Crippen LogP contribution in [0.3, 0.4) is 0 Å². The van der Waals surface area contributed by atoms with Crippen molar-refractivity contribution in [2.24, 2.45) is 0 Å². The highest BCUT2D eigenvalue weighted by molar-refractivity contribution is 6.30. The number of aromatic amines is 1. The second kappa shape index (κ2) is 5.84. The number of imidazole rings is 1. The Kier molecular flexibility index (Phi) is 4.18. The predicted molar refractivity (Wildman–Crippen MR) is 70.2 cm³/mol. The Labute approximate surface area is 106 Å². The highest BCUT2D eigenvalue weighted by atomic mass is 35.5. The summed E-state index contributed by atoms with van der Waals surface area (Å²) >= 11 is 5.94. The molecule has 3 nitrogen and oxygen atoms in total. The fourth-order valence-corrected chi connectivity index (χ4v) is 1.90. The van der Waals surface area contributed by atoms with Crippen molar-refractivity contribution in [3.05, 3.63) is 52.6 Å². The van der Waals surface area contributed by atoms with Crippen LogP contribution in [0.15, 0.2) is 30.5 Å². The van der Waals surface area contributed by atoms with Crippen molar-refractivity contribution in [1.29, 1.82) is 0 Å². The third-order valence-electron chi connectivity index (χ3n) is 2.51. The number of benzene rings is 1. The molecule has 0 bridgehead atoms. The molecule has 0 amide bonds. The molecule has 90 valence electrons. The summed E-state index contributed by atoms with van der Waals surface area (Å²) < 4.78 is 0. The Balaban J connectivity index is 2.01. The Morgan fingerprint density at radius 2 is 2.29 bits per heavy atom. The van der Waals surface area contributed by atoms with Crippen LogP contribution in [0.25, 0.3) is 0 Å². The number of halogens is 1. The molecule has 0 saturated carbocycles. The molecule has 17 heavy (non-hydrogen) atoms. The minimum Gasteiger partial charge on any atom is -0.345 e. The number of nitrogens with zero attached hydrogens (tertiary/aromatic N) is 1. The molecule has 2 aromatic rings. The van der Waals surface area contributed by atoms with Crippen molar-refractivity contribution in [3.8, 4) is 0 Å². The van der Waals surface area contributed by atoms with E-state index >= 15 is 0 Å². The summed E-state index contributed by atoms with van der Waals surface area (Å²) in [5.74, 6) is 0.972. The maximum Gasteiger partial charge on any atom is 0.110 e. The van der Waals surface area contributed by atoms with Crippen molar-refractivity contribution in [3.63, 3.8) is 0 Å². The molecule has 2 rings (SSSR count). The average molecular weight is 250 g/mol. The van der Waals surface area contributed by atoms with Crippen molar-refractivity contribution in [2.45, 2.75) is 19.9 Å². The lowest BCUT2D eigenvalue weighted by Crippen LogP contribution is -2.11. The third-order valence-corrected chi connectivity index (χ3v) is 2.74. The summed E-state index contributed by atoms with van der Waals surface area (Å²) in [6.45, 7) is 3.88. The number of hydrogen-bond donors (Lipinski definition) is 2. The minimum absolute atomic E-state index is 0.766. The van der Waals surface area contributed by atoms with Gasteiger partial charge in [-0.2, -0.15) is 0 Å². The van der Waals surface area contributed by atoms with Crippen molar-refractivity contribution >= 4 is 11.6 Å². The first-order chi connectivity index (χ1) is 8.28. The highest BCUT2D eigenvalue weighted by Gasteiger charge is 2.02. The SMILES string of the molecule is CCNCc1cnc(Cc2cccc(Cl)c2)[nH]1. The van der Waals surface area contributed by atoms with Gasteiger partial charge in [0.15, 0.2) is 0 Å². The van der Waals surface area contributed by atoms with Crippen LogP contribution in [0.5, 0.6) is 0 Å². The van der Waals surface area contributed by atoms with Gasteiger partial charge in [-0.1, -0.05) is 30.7 Å². The molecule has 0 atom stereocenters. The lowest BCUT2D eigenvalue weighted by Gasteiger charge is -1.99. The van der Waals surface area contributed by atoms with Gasteiger partial charge in [-0.25, -0.2) is 4.98 Å². The van der Waals surface area contributed by atoms with Gasteiger partial charge in [0.1, 0.15) is 5.82 Å². The van der Waals surface area contributed by atoms with Gasteiger partial charge in [-0.15, -0.1) is 0 Å². The monoisotopic (exact) mass is 249 g/mol. The second-order valence-electron chi connectivity index (χ2n) is 3.94. The van der Waals surface area contributed by atoms with Gasteiger partial charge in [-0.3, -0.25) is 0 Å². The van der Waals surface area contributed by atoms with Crippen LogP contribution in [0.4, 0.5) is 0 Å². The van der Waals surface area contributed by atoms with Crippen LogP contribution in [0, 0.1) is 0 Å². The molecule has 0 saturated heterocycles. The molecule has 4 heteroatoms. The first kappa shape index (κ1) is 12.1. The Bertz CT molecular complexity index is 479. The van der Waals surface area contributed by atoms with Gasteiger partial charge in [-0.05, 0) is 24.2 Å². The maximum absolute atomic E-state index is 5.94. The highest BCUT2D eigenvalue weighted by Crippen LogP contribution is 2.13. The van der Waals surface area contributed by atoms with Gasteiger partial charge in [0.05, 0.1) is 0 Å². The lowest BCUT2D eigenvalue weighted by atomic mass is 10.1. The van der Waals surface area contributed by atoms with E-state index in [1.165, 1.54) is 5.56 Å². The van der Waals surface area contributed by atoms with E-state index in [4.69, 9.17) is 11.6 Å². The zero-order valence-corrected chi connectivity index (χ0v) is 10.6. The average Bonchev–Trinajstić information content (AvgIpc) is 2.74. The Hall–Kier alpha value is -1.32. The molecule has 0 fully saturated rings. The van der Waals surface area contributed by atoms with E-state index in [1.807, 2.05) is 24.4 Å². The fraction of sp³-hybridized carbons (Fsp3) is 0.308. The summed E-state index contributed by atoms with van der Waals surface area (Å²) in [5, 5.41) is 4.02. The van der Waals surface area contributed by atoms with Crippen LogP contribution in [-0.4, -0.2) is 16.5 Å². The van der Waals surface area contributed by atoms with Crippen molar-refractivity contribution < 1.29 is 0 Å². The van der Waals surface area contributed by atoms with E-state index < -0.39 is 0 Å². The van der Waals surface area contributed by atoms with Crippen molar-refractivity contribution in [2.75, 3.05) is 6.54 Å². The molecule has 0 radical (unpaired) electrons. The van der Waals surface area contributed by atoms with E-state index in [0.29, 0.717) is 0 Å². The van der Waals surface area contributed by atoms with Gasteiger partial charge in [0, 0.05) is 29.9 Å². The second-order valence-corrected chi connectivity index (χ2v) is 4.38. The lowest BCUT2D eigenvalue weighted by molar-refractivity contribution is 0.712. The van der Waals surface area contributed by atoms with Crippen molar-refractivity contribution in [1.82, 2.24) is 15.3 Å². The quantitative estimate of drug-likeness (QED) is 0.856. The van der Waals surface area contributed by atoms with E-state index in [1.54, 1.807) is 0 Å². The molecule has 1 aromatic heterocycles. The zero-order valence-electron chi connectivity index (χ0n) is 9.83. The molecule has 0 aliphatic carbocycles. The molecule has 0 unspecified atom stereocenters. The summed E-state index contributed by atoms with van der Waals surface area (Å²) in [5.41, 5.74) is 2.28. The van der Waals surface area contributed by atoms with Crippen LogP contribution in [-0.2, 0) is 13.0 Å². The predicted octanol–water partition coefficient (Wildman–Crippen LogP) is 2.76. The normalized spacial score (nSPS) is 10.7. The van der Waals surface area contributed by atoms with Crippen LogP contribution in [0.1, 0.15) is 24.0 Å². The topological polar surface area (TPSA) is 40.7 Å². The molecular formula is C13H16ClN3. The number of aromatic nitrogens is 2.